The average Bonchev–Trinajstić information content (AvgIpc) is 2.61. The molecule has 0 amide bonds. The molecule has 134 valence electrons. The molecular weight excluding hydrogens is 364 g/mol. The monoisotopic (exact) mass is 382 g/mol. The van der Waals surface area contributed by atoms with E-state index in [-0.39, 0.29) is 16.3 Å². The van der Waals surface area contributed by atoms with Crippen LogP contribution in [-0.2, 0) is 30.3 Å². The summed E-state index contributed by atoms with van der Waals surface area (Å²) in [4.78, 5) is 11.7. The SMILES string of the molecule is COC(=O)[C@@H](CCCc1ccccc1)OS(=O)(=O)c1ccccc1Cl. The third-order valence-electron chi connectivity index (χ3n) is 3.59. The second-order valence-electron chi connectivity index (χ2n) is 5.37. The lowest BCUT2D eigenvalue weighted by atomic mass is 10.1. The van der Waals surface area contributed by atoms with Gasteiger partial charge in [-0.25, -0.2) is 4.79 Å². The zero-order chi connectivity index (χ0) is 18.3. The fourth-order valence-electron chi connectivity index (χ4n) is 2.33. The van der Waals surface area contributed by atoms with Gasteiger partial charge in [0, 0.05) is 0 Å². The van der Waals surface area contributed by atoms with Gasteiger partial charge in [0.25, 0.3) is 10.1 Å². The maximum atomic E-state index is 12.4. The van der Waals surface area contributed by atoms with Gasteiger partial charge in [0.05, 0.1) is 12.1 Å². The topological polar surface area (TPSA) is 69.7 Å². The largest absolute Gasteiger partial charge is 0.467 e. The van der Waals surface area contributed by atoms with Crippen LogP contribution in [0.4, 0.5) is 0 Å². The first-order chi connectivity index (χ1) is 11.9. The molecule has 0 heterocycles. The third kappa shape index (κ3) is 5.56. The Kier molecular flexibility index (Phi) is 6.99. The van der Waals surface area contributed by atoms with Gasteiger partial charge in [-0.3, -0.25) is 4.18 Å². The number of rotatable bonds is 8. The van der Waals surface area contributed by atoms with Crippen molar-refractivity contribution >= 4 is 27.7 Å². The Balaban J connectivity index is 2.07. The summed E-state index contributed by atoms with van der Waals surface area (Å²) < 4.78 is 34.6. The lowest BCUT2D eigenvalue weighted by Crippen LogP contribution is -2.29. The van der Waals surface area contributed by atoms with Crippen LogP contribution >= 0.6 is 11.6 Å². The van der Waals surface area contributed by atoms with E-state index in [1.165, 1.54) is 25.3 Å². The minimum absolute atomic E-state index is 0.0374. The predicted octanol–water partition coefficient (Wildman–Crippen LogP) is 3.61. The van der Waals surface area contributed by atoms with E-state index in [0.717, 1.165) is 5.56 Å². The molecule has 5 nitrogen and oxygen atoms in total. The quantitative estimate of drug-likeness (QED) is 0.515. The molecule has 0 aliphatic rings. The molecular formula is C18H19ClO5S. The fraction of sp³-hybridized carbons (Fsp3) is 0.278. The van der Waals surface area contributed by atoms with Crippen LogP contribution in [0.5, 0.6) is 0 Å². The zero-order valence-corrected chi connectivity index (χ0v) is 15.3. The molecule has 0 aromatic heterocycles. The van der Waals surface area contributed by atoms with Crippen molar-refractivity contribution in [3.63, 3.8) is 0 Å². The summed E-state index contributed by atoms with van der Waals surface area (Å²) in [5, 5.41) is 0.0374. The number of esters is 1. The number of carbonyl (C=O) groups is 1. The number of carbonyl (C=O) groups excluding carboxylic acids is 1. The number of aryl methyl sites for hydroxylation is 1. The molecule has 0 N–H and O–H groups in total. The summed E-state index contributed by atoms with van der Waals surface area (Å²) in [7, 11) is -2.98. The molecule has 1 atom stereocenters. The van der Waals surface area contributed by atoms with Crippen molar-refractivity contribution in [1.29, 1.82) is 0 Å². The lowest BCUT2D eigenvalue weighted by Gasteiger charge is -2.16. The first-order valence-electron chi connectivity index (χ1n) is 7.73. The van der Waals surface area contributed by atoms with E-state index in [4.69, 9.17) is 15.8 Å². The summed E-state index contributed by atoms with van der Waals surface area (Å²) >= 11 is 5.91. The molecule has 7 heteroatoms. The molecule has 0 spiro atoms. The molecule has 2 aromatic carbocycles. The van der Waals surface area contributed by atoms with Gasteiger partial charge in [0.2, 0.25) is 0 Å². The van der Waals surface area contributed by atoms with Crippen molar-refractivity contribution in [2.75, 3.05) is 7.11 Å². The van der Waals surface area contributed by atoms with Crippen LogP contribution in [0.15, 0.2) is 59.5 Å². The molecule has 0 saturated heterocycles. The van der Waals surface area contributed by atoms with E-state index in [1.807, 2.05) is 30.3 Å². The molecule has 0 unspecified atom stereocenters. The number of hydrogen-bond acceptors (Lipinski definition) is 5. The molecule has 0 fully saturated rings. The average molecular weight is 383 g/mol. The Bertz CT molecular complexity index is 805. The van der Waals surface area contributed by atoms with Crippen molar-refractivity contribution in [3.05, 3.63) is 65.2 Å². The summed E-state index contributed by atoms with van der Waals surface area (Å²) in [6, 6.07) is 15.6. The predicted molar refractivity (Wildman–Crippen MR) is 94.9 cm³/mol. The van der Waals surface area contributed by atoms with Crippen LogP contribution in [-0.4, -0.2) is 27.6 Å². The summed E-state index contributed by atoms with van der Waals surface area (Å²) in [5.74, 6) is -0.733. The molecule has 0 saturated carbocycles. The molecule has 25 heavy (non-hydrogen) atoms. The second-order valence-corrected chi connectivity index (χ2v) is 7.32. The van der Waals surface area contributed by atoms with E-state index in [2.05, 4.69) is 4.74 Å². The highest BCUT2D eigenvalue weighted by Crippen LogP contribution is 2.24. The van der Waals surface area contributed by atoms with Gasteiger partial charge in [0.15, 0.2) is 6.10 Å². The Morgan fingerprint density at radius 3 is 2.36 bits per heavy atom. The lowest BCUT2D eigenvalue weighted by molar-refractivity contribution is -0.149. The number of halogens is 1. The smallest absolute Gasteiger partial charge is 0.336 e. The van der Waals surface area contributed by atoms with E-state index in [1.54, 1.807) is 6.07 Å². The number of benzene rings is 2. The minimum Gasteiger partial charge on any atom is -0.467 e. The summed E-state index contributed by atoms with van der Waals surface area (Å²) in [6.45, 7) is 0. The van der Waals surface area contributed by atoms with Crippen LogP contribution in [0.2, 0.25) is 5.02 Å². The van der Waals surface area contributed by atoms with Crippen molar-refractivity contribution in [3.8, 4) is 0 Å². The maximum absolute atomic E-state index is 12.4. The Hall–Kier alpha value is -1.89. The van der Waals surface area contributed by atoms with Crippen molar-refractivity contribution in [2.45, 2.75) is 30.3 Å². The van der Waals surface area contributed by atoms with Gasteiger partial charge in [-0.15, -0.1) is 0 Å². The third-order valence-corrected chi connectivity index (χ3v) is 5.41. The van der Waals surface area contributed by atoms with Crippen molar-refractivity contribution in [2.24, 2.45) is 0 Å². The van der Waals surface area contributed by atoms with Gasteiger partial charge < -0.3 is 4.74 Å². The van der Waals surface area contributed by atoms with E-state index in [9.17, 15) is 13.2 Å². The molecule has 0 aliphatic heterocycles. The second kappa shape index (κ2) is 8.99. The molecule has 2 rings (SSSR count). The van der Waals surface area contributed by atoms with Crippen LogP contribution in [0.3, 0.4) is 0 Å². The van der Waals surface area contributed by atoms with Gasteiger partial charge in [-0.2, -0.15) is 8.42 Å². The number of ether oxygens (including phenoxy) is 1. The zero-order valence-electron chi connectivity index (χ0n) is 13.7. The molecule has 0 radical (unpaired) electrons. The van der Waals surface area contributed by atoms with E-state index >= 15 is 0 Å². The van der Waals surface area contributed by atoms with Gasteiger partial charge in [-0.05, 0) is 37.0 Å². The number of hydrogen-bond donors (Lipinski definition) is 0. The molecule has 2 aromatic rings. The maximum Gasteiger partial charge on any atom is 0.336 e. The van der Waals surface area contributed by atoms with E-state index < -0.39 is 22.2 Å². The minimum atomic E-state index is -4.17. The number of methoxy groups -OCH3 is 1. The summed E-state index contributed by atoms with van der Waals surface area (Å²) in [6.07, 6.45) is 0.270. The van der Waals surface area contributed by atoms with Crippen molar-refractivity contribution < 1.29 is 22.1 Å². The highest BCUT2D eigenvalue weighted by Gasteiger charge is 2.29. The Morgan fingerprint density at radius 1 is 1.08 bits per heavy atom. The van der Waals surface area contributed by atoms with Crippen molar-refractivity contribution in [1.82, 2.24) is 0 Å². The van der Waals surface area contributed by atoms with Crippen LogP contribution in [0.1, 0.15) is 18.4 Å². The molecule has 0 aliphatic carbocycles. The van der Waals surface area contributed by atoms with Gasteiger partial charge in [0.1, 0.15) is 4.90 Å². The normalized spacial score (nSPS) is 12.6. The summed E-state index contributed by atoms with van der Waals surface area (Å²) in [5.41, 5.74) is 1.10. The van der Waals surface area contributed by atoms with Gasteiger partial charge >= 0.3 is 5.97 Å². The standard InChI is InChI=1S/C18H19ClO5S/c1-23-18(20)16(12-7-10-14-8-3-2-4-9-14)24-25(21,22)17-13-6-5-11-15(17)19/h2-6,8-9,11,13,16H,7,10,12H2,1H3/t16-/m1/s1. The highest BCUT2D eigenvalue weighted by molar-refractivity contribution is 7.87. The molecule has 0 bridgehead atoms. The first-order valence-corrected chi connectivity index (χ1v) is 9.52. The first kappa shape index (κ1) is 19.4. The van der Waals surface area contributed by atoms with Crippen LogP contribution < -0.4 is 0 Å². The highest BCUT2D eigenvalue weighted by atomic mass is 35.5. The van der Waals surface area contributed by atoms with Crippen LogP contribution in [0.25, 0.3) is 0 Å². The van der Waals surface area contributed by atoms with E-state index in [0.29, 0.717) is 12.8 Å². The Labute approximate surface area is 152 Å². The fourth-order valence-corrected chi connectivity index (χ4v) is 3.88. The van der Waals surface area contributed by atoms with Gasteiger partial charge in [-0.1, -0.05) is 54.1 Å². The van der Waals surface area contributed by atoms with Crippen LogP contribution in [0, 0.1) is 0 Å². The Morgan fingerprint density at radius 2 is 1.72 bits per heavy atom.